The molecule has 0 spiro atoms. The second-order valence-electron chi connectivity index (χ2n) is 8.00. The van der Waals surface area contributed by atoms with E-state index in [1.165, 1.54) is 0 Å². The van der Waals surface area contributed by atoms with Gasteiger partial charge in [-0.05, 0) is 49.8 Å². The van der Waals surface area contributed by atoms with Crippen LogP contribution in [0.2, 0.25) is 0 Å². The van der Waals surface area contributed by atoms with Crippen LogP contribution in [0.15, 0.2) is 51.6 Å². The smallest absolute Gasteiger partial charge is 0.177 e. The number of allylic oxidation sites excluding steroid dienone is 2. The molecule has 0 saturated heterocycles. The summed E-state index contributed by atoms with van der Waals surface area (Å²) in [4.78, 5) is 13.2. The summed E-state index contributed by atoms with van der Waals surface area (Å²) in [6, 6.07) is 4.04. The standard InChI is InChI=1S/C24H24N4O2S/c1-2-15(10-27-9-14-3-4-16(29)7-14)19-11-28-24(25)23-18(19)8-21(30-23)20-13-31-22-12-26-6-5-17(20)22/h2,5-6,8,10-14,16,29H,3-4,7,9H2,1H3,(H2,25,28)/b15-2+,27-10?/t14?,16-/m0/s1. The van der Waals surface area contributed by atoms with Gasteiger partial charge >= 0.3 is 0 Å². The lowest BCUT2D eigenvalue weighted by Gasteiger charge is -2.06. The first-order valence-corrected chi connectivity index (χ1v) is 11.4. The molecule has 158 valence electrons. The number of nitrogens with zero attached hydrogens (tertiary/aromatic N) is 3. The van der Waals surface area contributed by atoms with E-state index >= 15 is 0 Å². The molecule has 1 aliphatic carbocycles. The summed E-state index contributed by atoms with van der Waals surface area (Å²) in [5.74, 6) is 1.59. The minimum absolute atomic E-state index is 0.171. The van der Waals surface area contributed by atoms with Crippen molar-refractivity contribution in [2.75, 3.05) is 12.3 Å². The molecule has 31 heavy (non-hydrogen) atoms. The quantitative estimate of drug-likeness (QED) is 0.416. The molecule has 0 radical (unpaired) electrons. The van der Waals surface area contributed by atoms with Gasteiger partial charge in [-0.3, -0.25) is 9.98 Å². The first-order valence-electron chi connectivity index (χ1n) is 10.5. The molecule has 6 nitrogen and oxygen atoms in total. The predicted octanol–water partition coefficient (Wildman–Crippen LogP) is 5.32. The van der Waals surface area contributed by atoms with Crippen LogP contribution in [0.25, 0.3) is 38.0 Å². The van der Waals surface area contributed by atoms with Crippen molar-refractivity contribution in [1.29, 1.82) is 0 Å². The van der Waals surface area contributed by atoms with E-state index < -0.39 is 0 Å². The molecule has 4 aromatic heterocycles. The molecule has 1 aliphatic rings. The van der Waals surface area contributed by atoms with Crippen LogP contribution in [-0.2, 0) is 0 Å². The van der Waals surface area contributed by atoms with Crippen molar-refractivity contribution >= 4 is 50.0 Å². The zero-order chi connectivity index (χ0) is 21.4. The molecule has 4 aromatic rings. The molecule has 4 heterocycles. The Morgan fingerprint density at radius 3 is 3.06 bits per heavy atom. The maximum Gasteiger partial charge on any atom is 0.177 e. The summed E-state index contributed by atoms with van der Waals surface area (Å²) < 4.78 is 7.30. The normalized spacial score (nSPS) is 19.9. The van der Waals surface area contributed by atoms with Gasteiger partial charge in [0.15, 0.2) is 11.4 Å². The summed E-state index contributed by atoms with van der Waals surface area (Å²) in [6.07, 6.45) is 11.9. The van der Waals surface area contributed by atoms with Crippen molar-refractivity contribution in [3.8, 4) is 11.3 Å². The fourth-order valence-electron chi connectivity index (χ4n) is 4.29. The van der Waals surface area contributed by atoms with E-state index in [9.17, 15) is 5.11 Å². The number of aliphatic imine (C=N–C) groups is 1. The lowest BCUT2D eigenvalue weighted by Crippen LogP contribution is -2.03. The number of pyridine rings is 2. The maximum atomic E-state index is 9.73. The van der Waals surface area contributed by atoms with E-state index in [1.807, 2.05) is 37.5 Å². The fraction of sp³-hybridized carbons (Fsp3) is 0.292. The Morgan fingerprint density at radius 2 is 2.26 bits per heavy atom. The molecule has 1 saturated carbocycles. The van der Waals surface area contributed by atoms with Crippen LogP contribution < -0.4 is 5.73 Å². The van der Waals surface area contributed by atoms with Gasteiger partial charge in [0.05, 0.1) is 10.8 Å². The summed E-state index contributed by atoms with van der Waals surface area (Å²) >= 11 is 1.64. The average molecular weight is 433 g/mol. The molecular weight excluding hydrogens is 408 g/mol. The molecule has 3 N–H and O–H groups in total. The van der Waals surface area contributed by atoms with E-state index in [1.54, 1.807) is 23.7 Å². The number of aliphatic hydroxyl groups is 1. The largest absolute Gasteiger partial charge is 0.452 e. The predicted molar refractivity (Wildman–Crippen MR) is 127 cm³/mol. The van der Waals surface area contributed by atoms with Crippen molar-refractivity contribution < 1.29 is 9.52 Å². The first kappa shape index (κ1) is 19.9. The number of furan rings is 1. The number of thiophene rings is 1. The van der Waals surface area contributed by atoms with Crippen LogP contribution in [0, 0.1) is 5.92 Å². The number of fused-ring (bicyclic) bond motifs is 2. The third-order valence-electron chi connectivity index (χ3n) is 5.96. The highest BCUT2D eigenvalue weighted by Crippen LogP contribution is 2.39. The fourth-order valence-corrected chi connectivity index (χ4v) is 5.21. The Kier molecular flexibility index (Phi) is 5.29. The van der Waals surface area contributed by atoms with Gasteiger partial charge in [0.25, 0.3) is 0 Å². The maximum absolute atomic E-state index is 9.73. The van der Waals surface area contributed by atoms with Crippen molar-refractivity contribution in [3.63, 3.8) is 0 Å². The summed E-state index contributed by atoms with van der Waals surface area (Å²) in [6.45, 7) is 2.72. The number of aromatic nitrogens is 2. The summed E-state index contributed by atoms with van der Waals surface area (Å²) in [5.41, 5.74) is 9.69. The average Bonchev–Trinajstić information content (AvgIpc) is 3.50. The second kappa shape index (κ2) is 8.24. The van der Waals surface area contributed by atoms with Gasteiger partial charge in [0, 0.05) is 58.6 Å². The second-order valence-corrected chi connectivity index (χ2v) is 8.91. The molecule has 1 fully saturated rings. The van der Waals surface area contributed by atoms with Gasteiger partial charge in [0.2, 0.25) is 0 Å². The van der Waals surface area contributed by atoms with Gasteiger partial charge in [-0.2, -0.15) is 0 Å². The van der Waals surface area contributed by atoms with Crippen LogP contribution in [-0.4, -0.2) is 33.9 Å². The Hall–Kier alpha value is -3.03. The topological polar surface area (TPSA) is 97.5 Å². The number of nitrogens with two attached hydrogens (primary N) is 1. The molecule has 2 atom stereocenters. The van der Waals surface area contributed by atoms with Gasteiger partial charge in [-0.1, -0.05) is 6.08 Å². The number of hydrogen-bond donors (Lipinski definition) is 2. The first-order chi connectivity index (χ1) is 15.1. The Bertz CT molecular complexity index is 1300. The minimum Gasteiger partial charge on any atom is -0.452 e. The molecule has 7 heteroatoms. The SMILES string of the molecule is C/C=C(\C=NCC1CC[C@H](O)C1)c1cnc(N)c2oc(-c3csc4cnccc34)cc12. The van der Waals surface area contributed by atoms with E-state index in [0.717, 1.165) is 63.7 Å². The van der Waals surface area contributed by atoms with Crippen molar-refractivity contribution in [1.82, 2.24) is 9.97 Å². The molecule has 5 rings (SSSR count). The molecule has 0 aromatic carbocycles. The lowest BCUT2D eigenvalue weighted by atomic mass is 10.0. The summed E-state index contributed by atoms with van der Waals surface area (Å²) in [7, 11) is 0. The zero-order valence-electron chi connectivity index (χ0n) is 17.3. The zero-order valence-corrected chi connectivity index (χ0v) is 18.1. The number of hydrogen-bond acceptors (Lipinski definition) is 7. The Morgan fingerprint density at radius 1 is 1.35 bits per heavy atom. The third kappa shape index (κ3) is 3.75. The third-order valence-corrected chi connectivity index (χ3v) is 6.89. The van der Waals surface area contributed by atoms with Gasteiger partial charge in [-0.25, -0.2) is 4.98 Å². The highest BCUT2D eigenvalue weighted by Gasteiger charge is 2.22. The van der Waals surface area contributed by atoms with Crippen molar-refractivity contribution in [2.24, 2.45) is 10.9 Å². The van der Waals surface area contributed by atoms with Gasteiger partial charge in [0.1, 0.15) is 5.76 Å². The van der Waals surface area contributed by atoms with Crippen LogP contribution >= 0.6 is 11.3 Å². The lowest BCUT2D eigenvalue weighted by molar-refractivity contribution is 0.178. The van der Waals surface area contributed by atoms with Crippen LogP contribution in [0.5, 0.6) is 0 Å². The molecule has 0 bridgehead atoms. The number of aliphatic hydroxyl groups excluding tert-OH is 1. The van der Waals surface area contributed by atoms with Crippen molar-refractivity contribution in [2.45, 2.75) is 32.3 Å². The van der Waals surface area contributed by atoms with E-state index in [4.69, 9.17) is 10.2 Å². The summed E-state index contributed by atoms with van der Waals surface area (Å²) in [5, 5.41) is 13.8. The number of anilines is 1. The van der Waals surface area contributed by atoms with Gasteiger partial charge < -0.3 is 15.3 Å². The minimum atomic E-state index is -0.171. The van der Waals surface area contributed by atoms with E-state index in [0.29, 0.717) is 17.3 Å². The Labute approximate surface area is 184 Å². The molecule has 0 amide bonds. The monoisotopic (exact) mass is 432 g/mol. The molecular formula is C24H24N4O2S. The highest BCUT2D eigenvalue weighted by atomic mass is 32.1. The highest BCUT2D eigenvalue weighted by molar-refractivity contribution is 7.17. The molecule has 0 aliphatic heterocycles. The van der Waals surface area contributed by atoms with E-state index in [-0.39, 0.29) is 6.10 Å². The van der Waals surface area contributed by atoms with Crippen LogP contribution in [0.4, 0.5) is 5.82 Å². The van der Waals surface area contributed by atoms with Gasteiger partial charge in [-0.15, -0.1) is 11.3 Å². The Balaban J connectivity index is 1.51. The van der Waals surface area contributed by atoms with E-state index in [2.05, 4.69) is 20.3 Å². The molecule has 1 unspecified atom stereocenters. The van der Waals surface area contributed by atoms with Crippen LogP contribution in [0.3, 0.4) is 0 Å². The van der Waals surface area contributed by atoms with Crippen molar-refractivity contribution in [3.05, 3.63) is 47.7 Å². The number of rotatable bonds is 5. The van der Waals surface area contributed by atoms with Crippen LogP contribution in [0.1, 0.15) is 31.7 Å². The number of nitrogen functional groups attached to an aromatic ring is 1.